The average molecular weight is 702 g/mol. The van der Waals surface area contributed by atoms with Crippen LogP contribution in [0.5, 0.6) is 0 Å². The third-order valence-electron chi connectivity index (χ3n) is 6.04. The summed E-state index contributed by atoms with van der Waals surface area (Å²) in [6.07, 6.45) is 1.15. The summed E-state index contributed by atoms with van der Waals surface area (Å²) in [6, 6.07) is 7.02. The van der Waals surface area contributed by atoms with Gasteiger partial charge in [-0.25, -0.2) is 18.7 Å². The number of ketones is 1. The molecular weight excluding hydrogens is 675 g/mol. The van der Waals surface area contributed by atoms with E-state index in [0.29, 0.717) is 11.3 Å². The number of hydrogen-bond acceptors (Lipinski definition) is 14. The lowest BCUT2D eigenvalue weighted by atomic mass is 9.91. The van der Waals surface area contributed by atoms with E-state index in [-0.39, 0.29) is 35.7 Å². The first-order chi connectivity index (χ1) is 20.1. The molecule has 0 radical (unpaired) electrons. The minimum absolute atomic E-state index is 0.0395. The second-order valence-corrected chi connectivity index (χ2v) is 16.0. The molecule has 3 heterocycles. The van der Waals surface area contributed by atoms with Gasteiger partial charge < -0.3 is 30.0 Å². The number of aromatic nitrogens is 4. The van der Waals surface area contributed by atoms with Gasteiger partial charge in [-0.15, -0.1) is 0 Å². The van der Waals surface area contributed by atoms with Crippen molar-refractivity contribution in [2.24, 2.45) is 5.92 Å². The van der Waals surface area contributed by atoms with E-state index in [9.17, 15) is 33.1 Å². The van der Waals surface area contributed by atoms with Gasteiger partial charge in [-0.3, -0.25) is 23.7 Å². The molecular formula is C20H26N5O13P3S2. The Morgan fingerprint density at radius 3 is 2.60 bits per heavy atom. The first kappa shape index (κ1) is 34.0. The molecule has 1 aliphatic heterocycles. The van der Waals surface area contributed by atoms with E-state index in [1.54, 1.807) is 29.0 Å². The fourth-order valence-electron chi connectivity index (χ4n) is 4.36. The van der Waals surface area contributed by atoms with Gasteiger partial charge in [0.25, 0.3) is 5.56 Å². The van der Waals surface area contributed by atoms with Gasteiger partial charge in [0.05, 0.1) is 19.0 Å². The second-order valence-electron chi connectivity index (χ2n) is 9.00. The number of H-pyrrole nitrogens is 1. The van der Waals surface area contributed by atoms with Crippen LogP contribution in [0.15, 0.2) is 35.4 Å². The van der Waals surface area contributed by atoms with Crippen molar-refractivity contribution >= 4 is 68.0 Å². The number of fused-ring (bicyclic) bond motifs is 1. The maximum Gasteiger partial charge on any atom is 0.490 e. The number of anilines is 1. The molecule has 3 unspecified atom stereocenters. The topological polar surface area (TPSA) is 276 Å². The van der Waals surface area contributed by atoms with Crippen molar-refractivity contribution < 1.29 is 55.9 Å². The molecule has 0 amide bonds. The van der Waals surface area contributed by atoms with Crippen LogP contribution < -0.4 is 11.3 Å². The normalized spacial score (nSPS) is 21.9. The van der Waals surface area contributed by atoms with E-state index in [0.717, 1.165) is 5.56 Å². The predicted octanol–water partition coefficient (Wildman–Crippen LogP) is 2.73. The van der Waals surface area contributed by atoms with Crippen molar-refractivity contribution in [1.29, 1.82) is 0 Å². The van der Waals surface area contributed by atoms with Crippen LogP contribution in [0.1, 0.15) is 35.0 Å². The Hall–Kier alpha value is -1.89. The summed E-state index contributed by atoms with van der Waals surface area (Å²) in [5.74, 6) is -0.565. The molecule has 236 valence electrons. The number of nitrogens with two attached hydrogens (primary N) is 1. The summed E-state index contributed by atoms with van der Waals surface area (Å²) < 4.78 is 54.7. The summed E-state index contributed by atoms with van der Waals surface area (Å²) in [5, 5.41) is 0. The van der Waals surface area contributed by atoms with E-state index < -0.39 is 53.9 Å². The number of imidazole rings is 1. The summed E-state index contributed by atoms with van der Waals surface area (Å²) in [6.45, 7) is -0.773. The summed E-state index contributed by atoms with van der Waals surface area (Å²) >= 11 is 0. The Morgan fingerprint density at radius 1 is 1.19 bits per heavy atom. The highest BCUT2D eigenvalue weighted by atomic mass is 33.1. The number of nitrogens with one attached hydrogen (secondary N) is 1. The molecule has 4 rings (SSSR count). The average Bonchev–Trinajstić information content (AvgIpc) is 3.48. The SMILES string of the molecule is CSSCc1ccccc1C(=O)C[C@@H]1C[C@H](n2cnc3c(=O)[nH]c(N)nc32)OC1COP(=O)(O)OP(=O)(O)OP(=O)(O)O. The standard InChI is InChI=1S/C20H26N5O13P3S2/c1-42-43-9-11-4-2-3-5-13(11)14(26)6-12-7-16(25-10-22-17-18(25)23-20(21)24-19(17)27)36-15(12)8-35-40(31,32)38-41(33,34)37-39(28,29)30/h2-5,10,12,15-16H,6-9H2,1H3,(H,31,32)(H,33,34)(H2,28,29,30)(H3,21,23,24,27)/t12-,15?,16-/m1/s1. The lowest BCUT2D eigenvalue weighted by molar-refractivity contribution is -0.0287. The Kier molecular flexibility index (Phi) is 10.8. The Balaban J connectivity index is 1.58. The highest BCUT2D eigenvalue weighted by Crippen LogP contribution is 2.66. The van der Waals surface area contributed by atoms with Crippen LogP contribution in [0, 0.1) is 5.92 Å². The third-order valence-corrected chi connectivity index (χ3v) is 11.6. The molecule has 1 aliphatic rings. The number of aromatic amines is 1. The number of phosphoric ester groups is 1. The van der Waals surface area contributed by atoms with Crippen LogP contribution in [0.2, 0.25) is 0 Å². The van der Waals surface area contributed by atoms with Crippen LogP contribution in [0.4, 0.5) is 5.95 Å². The van der Waals surface area contributed by atoms with Gasteiger partial charge in [0.1, 0.15) is 6.23 Å². The fourth-order valence-corrected chi connectivity index (χ4v) is 8.62. The molecule has 0 spiro atoms. The van der Waals surface area contributed by atoms with Gasteiger partial charge >= 0.3 is 23.5 Å². The van der Waals surface area contributed by atoms with Crippen molar-refractivity contribution in [2.45, 2.75) is 30.9 Å². The quantitative estimate of drug-likeness (QED) is 0.0800. The molecule has 2 aromatic heterocycles. The zero-order valence-corrected chi connectivity index (χ0v) is 26.3. The molecule has 7 N–H and O–H groups in total. The van der Waals surface area contributed by atoms with E-state index in [1.807, 2.05) is 12.3 Å². The number of carbonyl (C=O) groups is 1. The van der Waals surface area contributed by atoms with Gasteiger partial charge in [0.2, 0.25) is 5.95 Å². The molecule has 0 bridgehead atoms. The zero-order chi connectivity index (χ0) is 31.6. The largest absolute Gasteiger partial charge is 0.490 e. The Bertz CT molecular complexity index is 1700. The van der Waals surface area contributed by atoms with Crippen LogP contribution in [0.25, 0.3) is 11.2 Å². The highest BCUT2D eigenvalue weighted by molar-refractivity contribution is 8.76. The molecule has 43 heavy (non-hydrogen) atoms. The summed E-state index contributed by atoms with van der Waals surface area (Å²) in [7, 11) is -13.7. The predicted molar refractivity (Wildman–Crippen MR) is 155 cm³/mol. The maximum atomic E-state index is 13.5. The number of benzene rings is 1. The molecule has 3 aromatic rings. The molecule has 18 nitrogen and oxygen atoms in total. The number of ether oxygens (including phenoxy) is 1. The maximum absolute atomic E-state index is 13.5. The van der Waals surface area contributed by atoms with Crippen molar-refractivity contribution in [3.8, 4) is 0 Å². The lowest BCUT2D eigenvalue weighted by Gasteiger charge is -2.21. The van der Waals surface area contributed by atoms with Crippen molar-refractivity contribution in [2.75, 3.05) is 18.6 Å². The smallest absolute Gasteiger partial charge is 0.369 e. The van der Waals surface area contributed by atoms with Gasteiger partial charge in [-0.2, -0.15) is 13.6 Å². The highest BCUT2D eigenvalue weighted by Gasteiger charge is 2.43. The monoisotopic (exact) mass is 701 g/mol. The van der Waals surface area contributed by atoms with Crippen LogP contribution >= 0.6 is 45.1 Å². The van der Waals surface area contributed by atoms with E-state index in [2.05, 4.69) is 23.6 Å². The van der Waals surface area contributed by atoms with Crippen molar-refractivity contribution in [3.05, 3.63) is 52.1 Å². The number of nitrogens with zero attached hydrogens (tertiary/aromatic N) is 3. The van der Waals surface area contributed by atoms with Gasteiger partial charge in [-0.05, 0) is 24.2 Å². The summed E-state index contributed by atoms with van der Waals surface area (Å²) in [5.41, 5.74) is 6.37. The second kappa shape index (κ2) is 13.6. The van der Waals surface area contributed by atoms with Crippen LogP contribution in [-0.2, 0) is 37.3 Å². The van der Waals surface area contributed by atoms with Crippen LogP contribution in [-0.4, -0.2) is 63.8 Å². The molecule has 1 aromatic carbocycles. The summed E-state index contributed by atoms with van der Waals surface area (Å²) in [4.78, 5) is 73.0. The van der Waals surface area contributed by atoms with Gasteiger partial charge in [0, 0.05) is 17.7 Å². The number of rotatable bonds is 14. The first-order valence-corrected chi connectivity index (χ1v) is 19.2. The lowest BCUT2D eigenvalue weighted by Crippen LogP contribution is -2.25. The van der Waals surface area contributed by atoms with E-state index in [1.165, 1.54) is 21.7 Å². The number of carbonyl (C=O) groups excluding carboxylic acids is 1. The van der Waals surface area contributed by atoms with Gasteiger partial charge in [0.15, 0.2) is 16.9 Å². The van der Waals surface area contributed by atoms with Gasteiger partial charge in [-0.1, -0.05) is 45.9 Å². The Morgan fingerprint density at radius 2 is 1.91 bits per heavy atom. The molecule has 5 atom stereocenters. The molecule has 23 heteroatoms. The molecule has 0 saturated carbocycles. The third kappa shape index (κ3) is 9.08. The fraction of sp³-hybridized carbons (Fsp3) is 0.400. The molecule has 0 aliphatic carbocycles. The zero-order valence-electron chi connectivity index (χ0n) is 22.0. The van der Waals surface area contributed by atoms with Crippen LogP contribution in [0.3, 0.4) is 0 Å². The Labute approximate surface area is 250 Å². The van der Waals surface area contributed by atoms with E-state index >= 15 is 0 Å². The number of hydrogen-bond donors (Lipinski definition) is 6. The minimum Gasteiger partial charge on any atom is -0.369 e. The number of phosphoric acid groups is 3. The molecule has 1 saturated heterocycles. The van der Waals surface area contributed by atoms with Crippen molar-refractivity contribution in [3.63, 3.8) is 0 Å². The number of Topliss-reactive ketones (excluding diaryl/α,β-unsaturated/α-hetero) is 1. The molecule has 1 fully saturated rings. The minimum atomic E-state index is -5.74. The van der Waals surface area contributed by atoms with E-state index in [4.69, 9.17) is 24.8 Å². The first-order valence-electron chi connectivity index (χ1n) is 12.0. The van der Waals surface area contributed by atoms with Crippen molar-refractivity contribution in [1.82, 2.24) is 19.5 Å². The number of nitrogen functional groups attached to an aromatic ring is 1.